The van der Waals surface area contributed by atoms with Gasteiger partial charge in [-0.05, 0) is 56.0 Å². The summed E-state index contributed by atoms with van der Waals surface area (Å²) in [5.41, 5.74) is 4.13. The lowest BCUT2D eigenvalue weighted by atomic mass is 9.81. The number of hydrogen-bond acceptors (Lipinski definition) is 1. The second-order valence-electron chi connectivity index (χ2n) is 6.25. The van der Waals surface area contributed by atoms with Crippen LogP contribution in [0.1, 0.15) is 30.0 Å². The number of hydrogen-bond donors (Lipinski definition) is 0. The summed E-state index contributed by atoms with van der Waals surface area (Å²) in [7, 11) is 0. The van der Waals surface area contributed by atoms with Crippen LogP contribution in [0.2, 0.25) is 0 Å². The maximum atomic E-state index is 13.0. The predicted octanol–water partition coefficient (Wildman–Crippen LogP) is 4.00. The minimum atomic E-state index is -0.404. The fourth-order valence-electron chi connectivity index (χ4n) is 3.27. The summed E-state index contributed by atoms with van der Waals surface area (Å²) in [6, 6.07) is 16.5. The minimum absolute atomic E-state index is 0.207. The SMILES string of the molecule is Cc1cc(C)cc(N2CC[C@@](C)(c3ccccc3)C2=O)c1. The van der Waals surface area contributed by atoms with Crippen LogP contribution >= 0.6 is 0 Å². The Bertz CT molecular complexity index is 657. The van der Waals surface area contributed by atoms with Crippen molar-refractivity contribution in [3.63, 3.8) is 0 Å². The van der Waals surface area contributed by atoms with E-state index in [-0.39, 0.29) is 5.91 Å². The zero-order chi connectivity index (χ0) is 15.0. The lowest BCUT2D eigenvalue weighted by Crippen LogP contribution is -2.35. The van der Waals surface area contributed by atoms with E-state index in [1.807, 2.05) is 23.1 Å². The highest BCUT2D eigenvalue weighted by atomic mass is 16.2. The molecule has 21 heavy (non-hydrogen) atoms. The largest absolute Gasteiger partial charge is 0.312 e. The third-order valence-corrected chi connectivity index (χ3v) is 4.48. The summed E-state index contributed by atoms with van der Waals surface area (Å²) < 4.78 is 0. The summed E-state index contributed by atoms with van der Waals surface area (Å²) in [4.78, 5) is 14.9. The summed E-state index contributed by atoms with van der Waals surface area (Å²) in [6.45, 7) is 7.00. The number of carbonyl (C=O) groups is 1. The highest BCUT2D eigenvalue weighted by Crippen LogP contribution is 2.38. The van der Waals surface area contributed by atoms with Crippen molar-refractivity contribution in [2.75, 3.05) is 11.4 Å². The van der Waals surface area contributed by atoms with E-state index in [2.05, 4.69) is 51.1 Å². The molecule has 0 bridgehead atoms. The van der Waals surface area contributed by atoms with Crippen molar-refractivity contribution in [2.45, 2.75) is 32.6 Å². The van der Waals surface area contributed by atoms with E-state index in [1.165, 1.54) is 11.1 Å². The van der Waals surface area contributed by atoms with Crippen LogP contribution in [0.4, 0.5) is 5.69 Å². The molecule has 2 nitrogen and oxygen atoms in total. The quantitative estimate of drug-likeness (QED) is 0.813. The van der Waals surface area contributed by atoms with Crippen molar-refractivity contribution in [3.8, 4) is 0 Å². The fourth-order valence-corrected chi connectivity index (χ4v) is 3.27. The van der Waals surface area contributed by atoms with E-state index >= 15 is 0 Å². The van der Waals surface area contributed by atoms with Crippen LogP contribution in [0.3, 0.4) is 0 Å². The molecule has 0 N–H and O–H groups in total. The Hall–Kier alpha value is -2.09. The van der Waals surface area contributed by atoms with Crippen LogP contribution in [-0.4, -0.2) is 12.5 Å². The first-order chi connectivity index (χ1) is 10.0. The number of benzene rings is 2. The maximum absolute atomic E-state index is 13.0. The summed E-state index contributed by atoms with van der Waals surface area (Å²) in [5, 5.41) is 0. The number of nitrogens with zero attached hydrogens (tertiary/aromatic N) is 1. The maximum Gasteiger partial charge on any atom is 0.237 e. The number of aryl methyl sites for hydroxylation is 2. The van der Waals surface area contributed by atoms with Gasteiger partial charge in [-0.2, -0.15) is 0 Å². The molecule has 1 fully saturated rings. The van der Waals surface area contributed by atoms with Gasteiger partial charge in [0.2, 0.25) is 5.91 Å². The third-order valence-electron chi connectivity index (χ3n) is 4.48. The Morgan fingerprint density at radius 3 is 2.24 bits per heavy atom. The topological polar surface area (TPSA) is 20.3 Å². The lowest BCUT2D eigenvalue weighted by molar-refractivity contribution is -0.121. The molecule has 2 heteroatoms. The molecule has 0 saturated carbocycles. The van der Waals surface area contributed by atoms with Crippen molar-refractivity contribution in [3.05, 3.63) is 65.2 Å². The van der Waals surface area contributed by atoms with Crippen LogP contribution in [0.25, 0.3) is 0 Å². The van der Waals surface area contributed by atoms with Gasteiger partial charge in [0.05, 0.1) is 5.41 Å². The molecule has 0 aromatic heterocycles. The molecule has 1 atom stereocenters. The van der Waals surface area contributed by atoms with Gasteiger partial charge in [0.1, 0.15) is 0 Å². The summed E-state index contributed by atoms with van der Waals surface area (Å²) in [6.07, 6.45) is 0.864. The molecule has 3 rings (SSSR count). The zero-order valence-electron chi connectivity index (χ0n) is 12.9. The molecule has 1 heterocycles. The van der Waals surface area contributed by atoms with Gasteiger partial charge in [0.25, 0.3) is 0 Å². The minimum Gasteiger partial charge on any atom is -0.312 e. The molecule has 1 saturated heterocycles. The number of anilines is 1. The molecule has 2 aromatic rings. The average Bonchev–Trinajstić information content (AvgIpc) is 2.76. The molecule has 1 aliphatic rings. The standard InChI is InChI=1S/C19H21NO/c1-14-11-15(2)13-17(12-14)20-10-9-19(3,18(20)21)16-7-5-4-6-8-16/h4-8,11-13H,9-10H2,1-3H3/t19-/m0/s1. The normalized spacial score (nSPS) is 21.9. The highest BCUT2D eigenvalue weighted by Gasteiger charge is 2.44. The molecule has 1 aliphatic heterocycles. The first kappa shape index (κ1) is 13.9. The van der Waals surface area contributed by atoms with Gasteiger partial charge in [-0.15, -0.1) is 0 Å². The van der Waals surface area contributed by atoms with Gasteiger partial charge in [0, 0.05) is 12.2 Å². The van der Waals surface area contributed by atoms with Gasteiger partial charge in [-0.1, -0.05) is 36.4 Å². The Labute approximate surface area is 126 Å². The molecule has 0 aliphatic carbocycles. The second kappa shape index (κ2) is 5.03. The van der Waals surface area contributed by atoms with E-state index in [0.29, 0.717) is 0 Å². The van der Waals surface area contributed by atoms with E-state index < -0.39 is 5.41 Å². The Kier molecular flexibility index (Phi) is 3.32. The summed E-state index contributed by atoms with van der Waals surface area (Å²) >= 11 is 0. The van der Waals surface area contributed by atoms with Crippen LogP contribution in [0, 0.1) is 13.8 Å². The number of carbonyl (C=O) groups excluding carboxylic acids is 1. The second-order valence-corrected chi connectivity index (χ2v) is 6.25. The summed E-state index contributed by atoms with van der Waals surface area (Å²) in [5.74, 6) is 0.207. The van der Waals surface area contributed by atoms with Crippen LogP contribution in [0.15, 0.2) is 48.5 Å². The monoisotopic (exact) mass is 279 g/mol. The molecule has 2 aromatic carbocycles. The Balaban J connectivity index is 1.97. The van der Waals surface area contributed by atoms with Crippen molar-refractivity contribution in [1.82, 2.24) is 0 Å². The lowest BCUT2D eigenvalue weighted by Gasteiger charge is -2.24. The van der Waals surface area contributed by atoms with Crippen LogP contribution in [-0.2, 0) is 10.2 Å². The molecule has 108 valence electrons. The molecule has 1 amide bonds. The van der Waals surface area contributed by atoms with Gasteiger partial charge in [-0.3, -0.25) is 4.79 Å². The number of amides is 1. The van der Waals surface area contributed by atoms with Crippen molar-refractivity contribution in [1.29, 1.82) is 0 Å². The van der Waals surface area contributed by atoms with E-state index in [0.717, 1.165) is 24.2 Å². The van der Waals surface area contributed by atoms with E-state index in [9.17, 15) is 4.79 Å². The first-order valence-corrected chi connectivity index (χ1v) is 7.46. The average molecular weight is 279 g/mol. The molecule has 0 unspecified atom stereocenters. The van der Waals surface area contributed by atoms with Gasteiger partial charge >= 0.3 is 0 Å². The first-order valence-electron chi connectivity index (χ1n) is 7.46. The Morgan fingerprint density at radius 1 is 1.00 bits per heavy atom. The third kappa shape index (κ3) is 2.35. The smallest absolute Gasteiger partial charge is 0.237 e. The van der Waals surface area contributed by atoms with E-state index in [4.69, 9.17) is 0 Å². The van der Waals surface area contributed by atoms with Crippen molar-refractivity contribution >= 4 is 11.6 Å². The van der Waals surface area contributed by atoms with E-state index in [1.54, 1.807) is 0 Å². The Morgan fingerprint density at radius 2 is 1.62 bits per heavy atom. The molecular formula is C19H21NO. The van der Waals surface area contributed by atoms with Crippen molar-refractivity contribution < 1.29 is 4.79 Å². The highest BCUT2D eigenvalue weighted by molar-refractivity contribution is 6.03. The predicted molar refractivity (Wildman–Crippen MR) is 86.7 cm³/mol. The van der Waals surface area contributed by atoms with Crippen LogP contribution < -0.4 is 4.90 Å². The number of rotatable bonds is 2. The van der Waals surface area contributed by atoms with Gasteiger partial charge < -0.3 is 4.90 Å². The van der Waals surface area contributed by atoms with Gasteiger partial charge in [0.15, 0.2) is 0 Å². The zero-order valence-corrected chi connectivity index (χ0v) is 12.9. The molecule has 0 spiro atoms. The fraction of sp³-hybridized carbons (Fsp3) is 0.316. The van der Waals surface area contributed by atoms with Gasteiger partial charge in [-0.25, -0.2) is 0 Å². The molecule has 0 radical (unpaired) electrons. The molecular weight excluding hydrogens is 258 g/mol. The van der Waals surface area contributed by atoms with Crippen LogP contribution in [0.5, 0.6) is 0 Å². The van der Waals surface area contributed by atoms with Crippen molar-refractivity contribution in [2.24, 2.45) is 0 Å².